The molecule has 1 N–H and O–H groups in total. The fourth-order valence-corrected chi connectivity index (χ4v) is 3.38. The van der Waals surface area contributed by atoms with Crippen LogP contribution in [0.3, 0.4) is 0 Å². The highest BCUT2D eigenvalue weighted by atomic mass is 16.4. The highest BCUT2D eigenvalue weighted by molar-refractivity contribution is 6.00. The highest BCUT2D eigenvalue weighted by Crippen LogP contribution is 2.37. The van der Waals surface area contributed by atoms with E-state index in [4.69, 9.17) is 8.83 Å². The molecule has 0 unspecified atom stereocenters. The lowest BCUT2D eigenvalue weighted by Gasteiger charge is -2.17. The lowest BCUT2D eigenvalue weighted by atomic mass is 9.86. The molecule has 0 fully saturated rings. The molecule has 0 radical (unpaired) electrons. The van der Waals surface area contributed by atoms with E-state index in [1.807, 2.05) is 13.0 Å². The van der Waals surface area contributed by atoms with Crippen LogP contribution in [-0.4, -0.2) is 18.4 Å². The summed E-state index contributed by atoms with van der Waals surface area (Å²) in [6.07, 6.45) is 1.45. The maximum absolute atomic E-state index is 12.5. The molecule has 0 aliphatic heterocycles. The number of benzene rings is 1. The summed E-state index contributed by atoms with van der Waals surface area (Å²) in [5.74, 6) is -1.99. The standard InChI is InChI=1S/C21H23NO6/c1-10-12-6-14-15(21(3,4)5)9-27-18(14)11(2)19(12)28-20(26)13(10)7-16(23)22-8-17(24)25/h6,9H,7-8H2,1-5H3,(H,22,23)(H,24,25)/p-1. The molecular weight excluding hydrogens is 362 g/mol. The van der Waals surface area contributed by atoms with E-state index in [1.165, 1.54) is 0 Å². The second-order valence-corrected chi connectivity index (χ2v) is 7.97. The summed E-state index contributed by atoms with van der Waals surface area (Å²) in [5.41, 5.74) is 2.90. The number of nitrogens with one attached hydrogen (secondary N) is 1. The topological polar surface area (TPSA) is 113 Å². The van der Waals surface area contributed by atoms with E-state index in [1.54, 1.807) is 13.2 Å². The van der Waals surface area contributed by atoms with Crippen molar-refractivity contribution in [1.29, 1.82) is 0 Å². The van der Waals surface area contributed by atoms with Gasteiger partial charge in [0.05, 0.1) is 30.8 Å². The van der Waals surface area contributed by atoms with Crippen LogP contribution in [-0.2, 0) is 21.4 Å². The van der Waals surface area contributed by atoms with Crippen molar-refractivity contribution in [2.24, 2.45) is 0 Å². The Hall–Kier alpha value is -3.09. The average Bonchev–Trinajstić information content (AvgIpc) is 3.02. The first-order valence-corrected chi connectivity index (χ1v) is 8.94. The predicted molar refractivity (Wildman–Crippen MR) is 102 cm³/mol. The Morgan fingerprint density at radius 2 is 1.79 bits per heavy atom. The van der Waals surface area contributed by atoms with Gasteiger partial charge in [0.15, 0.2) is 0 Å². The first-order chi connectivity index (χ1) is 13.0. The number of carboxylic acid groups (broad SMARTS) is 1. The zero-order chi connectivity index (χ0) is 20.8. The average molecular weight is 384 g/mol. The Bertz CT molecular complexity index is 1160. The molecule has 148 valence electrons. The Kier molecular flexibility index (Phi) is 4.79. The molecular formula is C21H22NO6-. The van der Waals surface area contributed by atoms with Crippen LogP contribution in [0.4, 0.5) is 0 Å². The second kappa shape index (κ2) is 6.82. The molecule has 0 atom stereocenters. The molecule has 3 aromatic rings. The zero-order valence-corrected chi connectivity index (χ0v) is 16.5. The van der Waals surface area contributed by atoms with Crippen LogP contribution in [0.1, 0.15) is 43.0 Å². The largest absolute Gasteiger partial charge is 0.548 e. The summed E-state index contributed by atoms with van der Waals surface area (Å²) in [7, 11) is 0. The van der Waals surface area contributed by atoms with Crippen molar-refractivity contribution in [3.05, 3.63) is 45.0 Å². The summed E-state index contributed by atoms with van der Waals surface area (Å²) in [5, 5.41) is 14.4. The van der Waals surface area contributed by atoms with Crippen LogP contribution >= 0.6 is 0 Å². The van der Waals surface area contributed by atoms with Gasteiger partial charge in [-0.25, -0.2) is 4.79 Å². The summed E-state index contributed by atoms with van der Waals surface area (Å²) in [4.78, 5) is 35.0. The number of fused-ring (bicyclic) bond motifs is 2. The van der Waals surface area contributed by atoms with E-state index in [9.17, 15) is 19.5 Å². The summed E-state index contributed by atoms with van der Waals surface area (Å²) >= 11 is 0. The van der Waals surface area contributed by atoms with Gasteiger partial charge >= 0.3 is 5.63 Å². The van der Waals surface area contributed by atoms with Gasteiger partial charge in [0.25, 0.3) is 0 Å². The Morgan fingerprint density at radius 1 is 1.11 bits per heavy atom. The van der Waals surface area contributed by atoms with Crippen LogP contribution in [0.25, 0.3) is 21.9 Å². The molecule has 28 heavy (non-hydrogen) atoms. The van der Waals surface area contributed by atoms with Crippen molar-refractivity contribution in [2.45, 2.75) is 46.5 Å². The lowest BCUT2D eigenvalue weighted by molar-refractivity contribution is -0.304. The third-order valence-electron chi connectivity index (χ3n) is 4.92. The molecule has 7 nitrogen and oxygen atoms in total. The molecule has 0 aliphatic rings. The van der Waals surface area contributed by atoms with Crippen molar-refractivity contribution in [3.63, 3.8) is 0 Å². The Morgan fingerprint density at radius 3 is 2.39 bits per heavy atom. The van der Waals surface area contributed by atoms with Crippen molar-refractivity contribution in [2.75, 3.05) is 6.54 Å². The van der Waals surface area contributed by atoms with Gasteiger partial charge < -0.3 is 24.1 Å². The number of furan rings is 1. The molecule has 3 rings (SSSR count). The maximum Gasteiger partial charge on any atom is 0.340 e. The zero-order valence-electron chi connectivity index (χ0n) is 16.5. The van der Waals surface area contributed by atoms with Gasteiger partial charge in [-0.15, -0.1) is 0 Å². The van der Waals surface area contributed by atoms with Crippen LogP contribution in [0.2, 0.25) is 0 Å². The molecule has 0 aliphatic carbocycles. The minimum atomic E-state index is -1.40. The van der Waals surface area contributed by atoms with E-state index in [0.29, 0.717) is 16.7 Å². The van der Waals surface area contributed by atoms with E-state index in [2.05, 4.69) is 26.1 Å². The van der Waals surface area contributed by atoms with Gasteiger partial charge in [0.2, 0.25) is 5.91 Å². The van der Waals surface area contributed by atoms with Crippen molar-refractivity contribution >= 4 is 33.8 Å². The number of hydrogen-bond acceptors (Lipinski definition) is 6. The van der Waals surface area contributed by atoms with Gasteiger partial charge in [-0.05, 0) is 30.9 Å². The highest BCUT2D eigenvalue weighted by Gasteiger charge is 2.24. The molecule has 0 saturated carbocycles. The van der Waals surface area contributed by atoms with Gasteiger partial charge in [0.1, 0.15) is 11.2 Å². The second-order valence-electron chi connectivity index (χ2n) is 7.97. The number of aliphatic carboxylic acids is 1. The minimum Gasteiger partial charge on any atom is -0.548 e. The number of aryl methyl sites for hydroxylation is 2. The fraction of sp³-hybridized carbons (Fsp3) is 0.381. The molecule has 1 amide bonds. The molecule has 0 bridgehead atoms. The van der Waals surface area contributed by atoms with Gasteiger partial charge in [-0.2, -0.15) is 0 Å². The normalized spacial score (nSPS) is 11.9. The minimum absolute atomic E-state index is 0.136. The van der Waals surface area contributed by atoms with E-state index >= 15 is 0 Å². The lowest BCUT2D eigenvalue weighted by Crippen LogP contribution is -2.38. The summed E-state index contributed by atoms with van der Waals surface area (Å²) in [6.45, 7) is 9.23. The molecule has 0 spiro atoms. The molecule has 7 heteroatoms. The summed E-state index contributed by atoms with van der Waals surface area (Å²) < 4.78 is 11.3. The van der Waals surface area contributed by atoms with E-state index in [-0.39, 0.29) is 17.4 Å². The first-order valence-electron chi connectivity index (χ1n) is 8.94. The van der Waals surface area contributed by atoms with Crippen LogP contribution < -0.4 is 16.0 Å². The quantitative estimate of drug-likeness (QED) is 0.687. The number of carbonyl (C=O) groups is 2. The SMILES string of the molecule is Cc1c(CC(=O)NCC(=O)[O-])c(=O)oc2c(C)c3occ(C(C)(C)C)c3cc12. The summed E-state index contributed by atoms with van der Waals surface area (Å²) in [6, 6.07) is 1.92. The molecule has 0 saturated heterocycles. The third kappa shape index (κ3) is 3.40. The maximum atomic E-state index is 12.5. The number of hydrogen-bond donors (Lipinski definition) is 1. The van der Waals surface area contributed by atoms with Crippen LogP contribution in [0.5, 0.6) is 0 Å². The van der Waals surface area contributed by atoms with E-state index < -0.39 is 24.0 Å². The van der Waals surface area contributed by atoms with Crippen LogP contribution in [0, 0.1) is 13.8 Å². The number of amides is 1. The number of carbonyl (C=O) groups excluding carboxylic acids is 2. The Labute approximate surface area is 161 Å². The van der Waals surface area contributed by atoms with Gasteiger partial charge in [-0.1, -0.05) is 20.8 Å². The molecule has 2 heterocycles. The number of rotatable bonds is 4. The van der Waals surface area contributed by atoms with Crippen molar-refractivity contribution in [1.82, 2.24) is 5.32 Å². The third-order valence-corrected chi connectivity index (χ3v) is 4.92. The van der Waals surface area contributed by atoms with Crippen LogP contribution in [0.15, 0.2) is 26.0 Å². The smallest absolute Gasteiger partial charge is 0.340 e. The van der Waals surface area contributed by atoms with Gasteiger partial charge in [0, 0.05) is 21.9 Å². The number of carboxylic acids is 1. The molecule has 2 aromatic heterocycles. The van der Waals surface area contributed by atoms with Crippen molar-refractivity contribution in [3.8, 4) is 0 Å². The van der Waals surface area contributed by atoms with Crippen molar-refractivity contribution < 1.29 is 23.5 Å². The fourth-order valence-electron chi connectivity index (χ4n) is 3.38. The monoisotopic (exact) mass is 384 g/mol. The molecule has 1 aromatic carbocycles. The first kappa shape index (κ1) is 19.7. The Balaban J connectivity index is 2.18. The predicted octanol–water partition coefficient (Wildman–Crippen LogP) is 1.86. The van der Waals surface area contributed by atoms with Gasteiger partial charge in [-0.3, -0.25) is 4.79 Å². The van der Waals surface area contributed by atoms with E-state index in [0.717, 1.165) is 21.9 Å².